The normalized spacial score (nSPS) is 14.0. The van der Waals surface area contributed by atoms with Gasteiger partial charge in [0.15, 0.2) is 11.6 Å². The zero-order valence-electron chi connectivity index (χ0n) is 13.4. The van der Waals surface area contributed by atoms with Gasteiger partial charge in [0, 0.05) is 16.7 Å². The minimum absolute atomic E-state index is 0.151. The zero-order chi connectivity index (χ0) is 18.3. The largest absolute Gasteiger partial charge is 0.507 e. The number of hydrogen-bond donors (Lipinski definition) is 3. The molecule has 6 nitrogen and oxygen atoms in total. The van der Waals surface area contributed by atoms with Crippen LogP contribution < -0.4 is 0 Å². The van der Waals surface area contributed by atoms with Crippen LogP contribution in [-0.4, -0.2) is 32.9 Å². The van der Waals surface area contributed by atoms with Gasteiger partial charge in [-0.15, -0.1) is 0 Å². The fraction of sp³-hybridized carbons (Fsp3) is 0.211. The molecule has 0 amide bonds. The number of carbonyl (C=O) groups is 3. The molecule has 0 fully saturated rings. The van der Waals surface area contributed by atoms with Gasteiger partial charge >= 0.3 is 5.97 Å². The maximum Gasteiger partial charge on any atom is 0.303 e. The lowest BCUT2D eigenvalue weighted by molar-refractivity contribution is -0.137. The second-order valence-electron chi connectivity index (χ2n) is 5.99. The molecule has 25 heavy (non-hydrogen) atoms. The van der Waals surface area contributed by atoms with Gasteiger partial charge in [0.1, 0.15) is 11.5 Å². The summed E-state index contributed by atoms with van der Waals surface area (Å²) in [6.45, 7) is 1.74. The van der Waals surface area contributed by atoms with Crippen LogP contribution in [0, 0.1) is 0 Å². The molecule has 1 unspecified atom stereocenters. The van der Waals surface area contributed by atoms with Gasteiger partial charge in [-0.25, -0.2) is 0 Å². The van der Waals surface area contributed by atoms with Gasteiger partial charge in [0.05, 0.1) is 17.5 Å². The van der Waals surface area contributed by atoms with Gasteiger partial charge < -0.3 is 15.3 Å². The number of benzene rings is 2. The predicted octanol–water partition coefficient (Wildman–Crippen LogP) is 2.84. The van der Waals surface area contributed by atoms with Crippen LogP contribution in [0.1, 0.15) is 63.1 Å². The first kappa shape index (κ1) is 16.7. The molecular formula is C19H16O6. The molecule has 128 valence electrons. The molecule has 0 heterocycles. The van der Waals surface area contributed by atoms with E-state index in [9.17, 15) is 24.6 Å². The Kier molecular flexibility index (Phi) is 4.04. The van der Waals surface area contributed by atoms with E-state index in [1.54, 1.807) is 19.1 Å². The number of carboxylic acids is 1. The molecule has 1 atom stereocenters. The fourth-order valence-electron chi connectivity index (χ4n) is 3.27. The summed E-state index contributed by atoms with van der Waals surface area (Å²) in [6.07, 6.45) is 0.123. The van der Waals surface area contributed by atoms with E-state index in [2.05, 4.69) is 0 Å². The molecule has 1 aliphatic rings. The van der Waals surface area contributed by atoms with E-state index >= 15 is 0 Å². The molecule has 0 saturated heterocycles. The number of aliphatic carboxylic acids is 1. The van der Waals surface area contributed by atoms with E-state index < -0.39 is 35.0 Å². The van der Waals surface area contributed by atoms with E-state index in [1.807, 2.05) is 0 Å². The van der Waals surface area contributed by atoms with Crippen LogP contribution in [0.15, 0.2) is 30.3 Å². The summed E-state index contributed by atoms with van der Waals surface area (Å²) in [7, 11) is 0. The molecule has 0 saturated carbocycles. The average Bonchev–Trinajstić information content (AvgIpc) is 2.59. The molecule has 6 heteroatoms. The van der Waals surface area contributed by atoms with Crippen LogP contribution in [0.25, 0.3) is 0 Å². The van der Waals surface area contributed by atoms with E-state index in [0.717, 1.165) is 0 Å². The number of aromatic hydroxyl groups is 2. The van der Waals surface area contributed by atoms with Crippen molar-refractivity contribution in [3.8, 4) is 11.5 Å². The fourth-order valence-corrected chi connectivity index (χ4v) is 3.27. The van der Waals surface area contributed by atoms with Gasteiger partial charge in [-0.1, -0.05) is 31.2 Å². The first-order valence-corrected chi connectivity index (χ1v) is 7.85. The maximum absolute atomic E-state index is 12.8. The minimum Gasteiger partial charge on any atom is -0.507 e. The quantitative estimate of drug-likeness (QED) is 0.630. The Bertz CT molecular complexity index is 912. The summed E-state index contributed by atoms with van der Waals surface area (Å²) in [4.78, 5) is 36.5. The van der Waals surface area contributed by atoms with E-state index in [4.69, 9.17) is 5.11 Å². The Morgan fingerprint density at radius 1 is 1.04 bits per heavy atom. The van der Waals surface area contributed by atoms with Crippen molar-refractivity contribution in [3.63, 3.8) is 0 Å². The molecular weight excluding hydrogens is 324 g/mol. The summed E-state index contributed by atoms with van der Waals surface area (Å²) < 4.78 is 0. The van der Waals surface area contributed by atoms with Crippen LogP contribution >= 0.6 is 0 Å². The van der Waals surface area contributed by atoms with Gasteiger partial charge in [-0.05, 0) is 18.4 Å². The van der Waals surface area contributed by atoms with Crippen LogP contribution in [0.4, 0.5) is 0 Å². The first-order valence-electron chi connectivity index (χ1n) is 7.85. The summed E-state index contributed by atoms with van der Waals surface area (Å²) in [5, 5.41) is 30.0. The SMILES string of the molecule is CCC(CC(=O)O)c1cc(O)c2c(c1O)C(=O)c1ccccc1C2=O. The first-order chi connectivity index (χ1) is 11.9. The Hall–Kier alpha value is -3.15. The summed E-state index contributed by atoms with van der Waals surface area (Å²) in [6, 6.07) is 7.37. The Morgan fingerprint density at radius 2 is 1.60 bits per heavy atom. The van der Waals surface area contributed by atoms with Crippen LogP contribution in [0.5, 0.6) is 11.5 Å². The van der Waals surface area contributed by atoms with Crippen molar-refractivity contribution in [1.29, 1.82) is 0 Å². The summed E-state index contributed by atoms with van der Waals surface area (Å²) in [5.41, 5.74) is -0.0301. The third kappa shape index (κ3) is 2.55. The number of phenols is 2. The Balaban J connectivity index is 2.25. The molecule has 3 rings (SSSR count). The van der Waals surface area contributed by atoms with Gasteiger partial charge in [-0.3, -0.25) is 14.4 Å². The molecule has 2 aromatic carbocycles. The predicted molar refractivity (Wildman–Crippen MR) is 88.4 cm³/mol. The van der Waals surface area contributed by atoms with Crippen LogP contribution in [0.3, 0.4) is 0 Å². The van der Waals surface area contributed by atoms with Gasteiger partial charge in [0.25, 0.3) is 0 Å². The Labute approximate surface area is 143 Å². The molecule has 1 aliphatic carbocycles. The summed E-state index contributed by atoms with van der Waals surface area (Å²) in [5.74, 6) is -3.63. The number of carbonyl (C=O) groups excluding carboxylic acids is 2. The van der Waals surface area contributed by atoms with Crippen molar-refractivity contribution < 1.29 is 29.7 Å². The third-order valence-corrected chi connectivity index (χ3v) is 4.53. The number of phenolic OH excluding ortho intramolecular Hbond substituents is 2. The van der Waals surface area contributed by atoms with E-state index in [0.29, 0.717) is 6.42 Å². The second-order valence-corrected chi connectivity index (χ2v) is 5.99. The lowest BCUT2D eigenvalue weighted by Crippen LogP contribution is -2.22. The number of hydrogen-bond acceptors (Lipinski definition) is 5. The standard InChI is InChI=1S/C19H16O6/c1-2-9(7-14(21)22)12-8-13(20)15-16(19(12)25)18(24)11-6-4-3-5-10(11)17(15)23/h3-6,8-9,20,25H,2,7H2,1H3,(H,21,22). The Morgan fingerprint density at radius 3 is 2.12 bits per heavy atom. The van der Waals surface area contributed by atoms with Crippen molar-refractivity contribution >= 4 is 17.5 Å². The zero-order valence-corrected chi connectivity index (χ0v) is 13.4. The molecule has 3 N–H and O–H groups in total. The highest BCUT2D eigenvalue weighted by Crippen LogP contribution is 2.43. The highest BCUT2D eigenvalue weighted by molar-refractivity contribution is 6.30. The van der Waals surface area contributed by atoms with Crippen molar-refractivity contribution in [2.24, 2.45) is 0 Å². The van der Waals surface area contributed by atoms with Crippen molar-refractivity contribution in [3.05, 3.63) is 58.1 Å². The molecule has 0 radical (unpaired) electrons. The molecule has 2 aromatic rings. The molecule has 0 aromatic heterocycles. The number of fused-ring (bicyclic) bond motifs is 2. The molecule has 0 aliphatic heterocycles. The molecule has 0 bridgehead atoms. The highest BCUT2D eigenvalue weighted by atomic mass is 16.4. The van der Waals surface area contributed by atoms with Gasteiger partial charge in [-0.2, -0.15) is 0 Å². The lowest BCUT2D eigenvalue weighted by Gasteiger charge is -2.23. The van der Waals surface area contributed by atoms with Crippen LogP contribution in [-0.2, 0) is 4.79 Å². The number of carboxylic acid groups (broad SMARTS) is 1. The van der Waals surface area contributed by atoms with E-state index in [-0.39, 0.29) is 34.2 Å². The van der Waals surface area contributed by atoms with Crippen molar-refractivity contribution in [1.82, 2.24) is 0 Å². The van der Waals surface area contributed by atoms with E-state index in [1.165, 1.54) is 18.2 Å². The third-order valence-electron chi connectivity index (χ3n) is 4.53. The van der Waals surface area contributed by atoms with Crippen molar-refractivity contribution in [2.75, 3.05) is 0 Å². The molecule has 0 spiro atoms. The topological polar surface area (TPSA) is 112 Å². The van der Waals surface area contributed by atoms with Crippen molar-refractivity contribution in [2.45, 2.75) is 25.7 Å². The smallest absolute Gasteiger partial charge is 0.303 e. The van der Waals surface area contributed by atoms with Crippen LogP contribution in [0.2, 0.25) is 0 Å². The minimum atomic E-state index is -1.06. The van der Waals surface area contributed by atoms with Gasteiger partial charge in [0.2, 0.25) is 0 Å². The lowest BCUT2D eigenvalue weighted by atomic mass is 9.80. The second kappa shape index (κ2) is 6.05. The summed E-state index contributed by atoms with van der Waals surface area (Å²) >= 11 is 0. The maximum atomic E-state index is 12.8. The number of ketones is 2. The number of rotatable bonds is 4. The highest BCUT2D eigenvalue weighted by Gasteiger charge is 2.36. The average molecular weight is 340 g/mol. The monoisotopic (exact) mass is 340 g/mol.